The fourth-order valence-corrected chi connectivity index (χ4v) is 0.253. The summed E-state index contributed by atoms with van der Waals surface area (Å²) in [5, 5.41) is 3.62. The highest BCUT2D eigenvalue weighted by Gasteiger charge is 1.88. The molecule has 54 valence electrons. The van der Waals surface area contributed by atoms with Crippen molar-refractivity contribution in [3.8, 4) is 0 Å². The summed E-state index contributed by atoms with van der Waals surface area (Å²) in [6, 6.07) is -0.0243. The lowest BCUT2D eigenvalue weighted by atomic mass is 10.4. The van der Waals surface area contributed by atoms with Crippen LogP contribution in [0.25, 0.3) is 0 Å². The normalized spacial score (nSPS) is 14.8. The average Bonchev–Trinajstić information content (AvgIpc) is 1.63. The molecule has 0 aliphatic rings. The smallest absolute Gasteiger partial charge is 0.122 e. The maximum Gasteiger partial charge on any atom is 0.122 e. The molecule has 0 aliphatic heterocycles. The van der Waals surface area contributed by atoms with E-state index in [1.165, 1.54) is 0 Å². The lowest BCUT2D eigenvalue weighted by Gasteiger charge is -2.00. The van der Waals surface area contributed by atoms with E-state index in [2.05, 4.69) is 5.16 Å². The Labute approximate surface area is 55.9 Å². The first-order valence-electron chi connectivity index (χ1n) is 3.08. The molecule has 0 saturated heterocycles. The van der Waals surface area contributed by atoms with Gasteiger partial charge in [-0.15, -0.1) is 0 Å². The van der Waals surface area contributed by atoms with Crippen LogP contribution >= 0.6 is 0 Å². The van der Waals surface area contributed by atoms with E-state index in [4.69, 9.17) is 10.6 Å². The molecule has 0 radical (unpaired) electrons. The predicted octanol–water partition coefficient (Wildman–Crippen LogP) is 0.744. The fourth-order valence-electron chi connectivity index (χ4n) is 0.253. The summed E-state index contributed by atoms with van der Waals surface area (Å²) in [5.74, 6) is 0. The lowest BCUT2D eigenvalue weighted by Crippen LogP contribution is -2.16. The standard InChI is InChI=1S/C6H14N2O/c1-5(2)9-8-4-6(3)7/h4-6H,7H2,1-3H3/b8-4+. The summed E-state index contributed by atoms with van der Waals surface area (Å²) < 4.78 is 0. The van der Waals surface area contributed by atoms with Crippen molar-refractivity contribution in [2.24, 2.45) is 10.9 Å². The highest BCUT2D eigenvalue weighted by atomic mass is 16.6. The maximum atomic E-state index is 5.35. The van der Waals surface area contributed by atoms with Gasteiger partial charge in [0.2, 0.25) is 0 Å². The summed E-state index contributed by atoms with van der Waals surface area (Å²) >= 11 is 0. The third kappa shape index (κ3) is 7.43. The first-order chi connectivity index (χ1) is 4.13. The molecule has 3 nitrogen and oxygen atoms in total. The van der Waals surface area contributed by atoms with E-state index in [1.54, 1.807) is 6.21 Å². The molecular weight excluding hydrogens is 116 g/mol. The van der Waals surface area contributed by atoms with Crippen molar-refractivity contribution in [3.63, 3.8) is 0 Å². The molecule has 1 unspecified atom stereocenters. The van der Waals surface area contributed by atoms with Gasteiger partial charge in [0, 0.05) is 6.04 Å². The minimum Gasteiger partial charge on any atom is -0.393 e. The number of nitrogens with two attached hydrogens (primary N) is 1. The Bertz CT molecular complexity index is 89.1. The molecule has 1 atom stereocenters. The number of nitrogens with zero attached hydrogens (tertiary/aromatic N) is 1. The molecule has 0 amide bonds. The van der Waals surface area contributed by atoms with Gasteiger partial charge in [0.05, 0.1) is 6.21 Å². The van der Waals surface area contributed by atoms with E-state index in [-0.39, 0.29) is 12.1 Å². The van der Waals surface area contributed by atoms with Gasteiger partial charge in [-0.3, -0.25) is 0 Å². The molecule has 0 heterocycles. The van der Waals surface area contributed by atoms with E-state index in [0.717, 1.165) is 0 Å². The van der Waals surface area contributed by atoms with Crippen molar-refractivity contribution in [1.82, 2.24) is 0 Å². The Morgan fingerprint density at radius 2 is 2.00 bits per heavy atom. The summed E-state index contributed by atoms with van der Waals surface area (Å²) in [4.78, 5) is 4.84. The Morgan fingerprint density at radius 1 is 1.44 bits per heavy atom. The topological polar surface area (TPSA) is 47.6 Å². The van der Waals surface area contributed by atoms with Crippen LogP contribution in [0.5, 0.6) is 0 Å². The first-order valence-corrected chi connectivity index (χ1v) is 3.08. The summed E-state index contributed by atoms with van der Waals surface area (Å²) in [5.41, 5.74) is 5.35. The van der Waals surface area contributed by atoms with E-state index >= 15 is 0 Å². The second kappa shape index (κ2) is 4.32. The zero-order chi connectivity index (χ0) is 7.28. The van der Waals surface area contributed by atoms with Crippen LogP contribution in [0.15, 0.2) is 5.16 Å². The van der Waals surface area contributed by atoms with E-state index in [1.807, 2.05) is 20.8 Å². The van der Waals surface area contributed by atoms with Crippen LogP contribution in [0.4, 0.5) is 0 Å². The summed E-state index contributed by atoms with van der Waals surface area (Å²) in [6.45, 7) is 5.67. The minimum atomic E-state index is -0.0243. The van der Waals surface area contributed by atoms with Crippen LogP contribution in [0.3, 0.4) is 0 Å². The second-order valence-electron chi connectivity index (χ2n) is 2.27. The molecule has 0 rings (SSSR count). The van der Waals surface area contributed by atoms with Gasteiger partial charge < -0.3 is 10.6 Å². The quantitative estimate of drug-likeness (QED) is 0.452. The zero-order valence-electron chi connectivity index (χ0n) is 6.16. The van der Waals surface area contributed by atoms with Gasteiger partial charge in [0.1, 0.15) is 6.10 Å². The number of oxime groups is 1. The largest absolute Gasteiger partial charge is 0.393 e. The molecular formula is C6H14N2O. The maximum absolute atomic E-state index is 5.35. The van der Waals surface area contributed by atoms with Crippen LogP contribution in [0.2, 0.25) is 0 Å². The zero-order valence-corrected chi connectivity index (χ0v) is 6.16. The number of rotatable bonds is 3. The lowest BCUT2D eigenvalue weighted by molar-refractivity contribution is 0.0866. The van der Waals surface area contributed by atoms with E-state index in [9.17, 15) is 0 Å². The molecule has 0 aliphatic carbocycles. The molecule has 0 aromatic heterocycles. The third-order valence-corrected chi connectivity index (χ3v) is 0.568. The van der Waals surface area contributed by atoms with Crippen molar-refractivity contribution >= 4 is 6.21 Å². The summed E-state index contributed by atoms with van der Waals surface area (Å²) in [6.07, 6.45) is 1.71. The Kier molecular flexibility index (Phi) is 4.05. The molecule has 0 aromatic rings. The molecule has 0 fully saturated rings. The molecule has 0 bridgehead atoms. The van der Waals surface area contributed by atoms with Gasteiger partial charge in [-0.05, 0) is 20.8 Å². The fraction of sp³-hybridized carbons (Fsp3) is 0.833. The minimum absolute atomic E-state index is 0.0243. The van der Waals surface area contributed by atoms with Gasteiger partial charge in [-0.1, -0.05) is 5.16 Å². The third-order valence-electron chi connectivity index (χ3n) is 0.568. The second-order valence-corrected chi connectivity index (χ2v) is 2.27. The highest BCUT2D eigenvalue weighted by Crippen LogP contribution is 1.86. The highest BCUT2D eigenvalue weighted by molar-refractivity contribution is 5.62. The SMILES string of the molecule is CC(N)/C=N/OC(C)C. The molecule has 0 saturated carbocycles. The van der Waals surface area contributed by atoms with Crippen LogP contribution < -0.4 is 5.73 Å². The van der Waals surface area contributed by atoms with Crippen LogP contribution in [-0.2, 0) is 4.84 Å². The van der Waals surface area contributed by atoms with Crippen molar-refractivity contribution in [2.45, 2.75) is 32.9 Å². The number of hydrogen-bond donors (Lipinski definition) is 1. The van der Waals surface area contributed by atoms with Crippen molar-refractivity contribution in [3.05, 3.63) is 0 Å². The first kappa shape index (κ1) is 8.43. The van der Waals surface area contributed by atoms with Gasteiger partial charge in [-0.2, -0.15) is 0 Å². The molecule has 0 spiro atoms. The average molecular weight is 130 g/mol. The van der Waals surface area contributed by atoms with Gasteiger partial charge in [0.25, 0.3) is 0 Å². The van der Waals surface area contributed by atoms with Crippen LogP contribution in [-0.4, -0.2) is 18.4 Å². The van der Waals surface area contributed by atoms with Gasteiger partial charge in [-0.25, -0.2) is 0 Å². The Hall–Kier alpha value is -0.570. The predicted molar refractivity (Wildman–Crippen MR) is 38.4 cm³/mol. The van der Waals surface area contributed by atoms with E-state index < -0.39 is 0 Å². The van der Waals surface area contributed by atoms with Crippen molar-refractivity contribution in [1.29, 1.82) is 0 Å². The van der Waals surface area contributed by atoms with Crippen molar-refractivity contribution < 1.29 is 4.84 Å². The Morgan fingerprint density at radius 3 is 2.33 bits per heavy atom. The molecule has 2 N–H and O–H groups in total. The number of hydrogen-bond acceptors (Lipinski definition) is 3. The summed E-state index contributed by atoms with van der Waals surface area (Å²) in [7, 11) is 0. The molecule has 9 heavy (non-hydrogen) atoms. The van der Waals surface area contributed by atoms with Crippen molar-refractivity contribution in [2.75, 3.05) is 0 Å². The van der Waals surface area contributed by atoms with E-state index in [0.29, 0.717) is 0 Å². The monoisotopic (exact) mass is 130 g/mol. The molecule has 3 heteroatoms. The van der Waals surface area contributed by atoms with Gasteiger partial charge in [0.15, 0.2) is 0 Å². The van der Waals surface area contributed by atoms with Gasteiger partial charge >= 0.3 is 0 Å². The van der Waals surface area contributed by atoms with Crippen LogP contribution in [0.1, 0.15) is 20.8 Å². The Balaban J connectivity index is 3.25. The molecule has 0 aromatic carbocycles. The van der Waals surface area contributed by atoms with Crippen LogP contribution in [0, 0.1) is 0 Å².